The second kappa shape index (κ2) is 7.75. The molecule has 5 nitrogen and oxygen atoms in total. The summed E-state index contributed by atoms with van der Waals surface area (Å²) in [4.78, 5) is 16.2. The Morgan fingerprint density at radius 1 is 1.22 bits per heavy atom. The Bertz CT molecular complexity index is 532. The summed E-state index contributed by atoms with van der Waals surface area (Å²) in [5.74, 6) is 0. The average Bonchev–Trinajstić information content (AvgIpc) is 2.48. The molecule has 0 spiro atoms. The van der Waals surface area contributed by atoms with Crippen LogP contribution in [0.1, 0.15) is 26.3 Å². The minimum atomic E-state index is -0.438. The molecule has 1 aliphatic heterocycles. The predicted molar refractivity (Wildman–Crippen MR) is 96.8 cm³/mol. The minimum absolute atomic E-state index is 0.215. The maximum absolute atomic E-state index is 12.0. The Morgan fingerprint density at radius 2 is 1.83 bits per heavy atom. The molecule has 1 N–H and O–H groups in total. The molecule has 0 atom stereocenters. The third-order valence-electron chi connectivity index (χ3n) is 3.61. The lowest BCUT2D eigenvalue weighted by Gasteiger charge is -2.35. The van der Waals surface area contributed by atoms with Crippen LogP contribution in [0.2, 0.25) is 0 Å². The zero-order valence-corrected chi connectivity index (χ0v) is 14.9. The van der Waals surface area contributed by atoms with E-state index < -0.39 is 5.60 Å². The molecule has 1 saturated heterocycles. The topological polar surface area (TPSA) is 44.8 Å². The lowest BCUT2D eigenvalue weighted by Crippen LogP contribution is -2.49. The molecule has 0 unspecified atom stereocenters. The summed E-state index contributed by atoms with van der Waals surface area (Å²) < 4.78 is 5.42. The van der Waals surface area contributed by atoms with Crippen molar-refractivity contribution in [2.45, 2.75) is 32.9 Å². The Balaban J connectivity index is 1.80. The Hall–Kier alpha value is -1.66. The number of hydrogen-bond donors (Lipinski definition) is 1. The van der Waals surface area contributed by atoms with Crippen molar-refractivity contribution in [1.82, 2.24) is 9.80 Å². The number of ether oxygens (including phenoxy) is 1. The normalized spacial score (nSPS) is 16.0. The van der Waals surface area contributed by atoms with Gasteiger partial charge in [-0.05, 0) is 38.5 Å². The van der Waals surface area contributed by atoms with Crippen molar-refractivity contribution in [3.05, 3.63) is 29.8 Å². The van der Waals surface area contributed by atoms with Crippen LogP contribution in [0, 0.1) is 0 Å². The molecule has 1 amide bonds. The number of carbonyl (C=O) groups excluding carboxylic acids is 1. The molecule has 0 saturated carbocycles. The molecular formula is C17H25N3O2S. The van der Waals surface area contributed by atoms with Crippen molar-refractivity contribution in [3.63, 3.8) is 0 Å². The first-order chi connectivity index (χ1) is 10.9. The average molecular weight is 335 g/mol. The number of carbonyl (C=O) groups is 1. The second-order valence-electron chi connectivity index (χ2n) is 6.70. The highest BCUT2D eigenvalue weighted by Crippen LogP contribution is 2.15. The SMILES string of the molecule is CC(C)(C)OC(=O)N1CCN(Cc2ccc(NC=S)cc2)CC1. The lowest BCUT2D eigenvalue weighted by atomic mass is 10.2. The zero-order valence-electron chi connectivity index (χ0n) is 14.0. The fraction of sp³-hybridized carbons (Fsp3) is 0.529. The van der Waals surface area contributed by atoms with E-state index in [1.165, 1.54) is 11.1 Å². The van der Waals surface area contributed by atoms with Gasteiger partial charge in [-0.15, -0.1) is 0 Å². The van der Waals surface area contributed by atoms with Crippen LogP contribution in [-0.2, 0) is 11.3 Å². The summed E-state index contributed by atoms with van der Waals surface area (Å²) in [7, 11) is 0. The van der Waals surface area contributed by atoms with Crippen LogP contribution in [0.4, 0.5) is 10.5 Å². The number of thiocarbonyl (C=S) groups is 1. The summed E-state index contributed by atoms with van der Waals surface area (Å²) in [6.45, 7) is 9.70. The van der Waals surface area contributed by atoms with Gasteiger partial charge in [0.05, 0.1) is 5.49 Å². The highest BCUT2D eigenvalue weighted by Gasteiger charge is 2.25. The van der Waals surface area contributed by atoms with Gasteiger partial charge in [0.25, 0.3) is 0 Å². The molecule has 6 heteroatoms. The third-order valence-corrected chi connectivity index (χ3v) is 3.73. The van der Waals surface area contributed by atoms with Crippen molar-refractivity contribution in [2.24, 2.45) is 0 Å². The largest absolute Gasteiger partial charge is 0.444 e. The molecule has 0 aliphatic carbocycles. The van der Waals surface area contributed by atoms with E-state index in [-0.39, 0.29) is 6.09 Å². The summed E-state index contributed by atoms with van der Waals surface area (Å²) in [6, 6.07) is 8.24. The van der Waals surface area contributed by atoms with Gasteiger partial charge in [-0.25, -0.2) is 4.79 Å². The first-order valence-corrected chi connectivity index (χ1v) is 8.34. The Labute approximate surface area is 143 Å². The molecule has 1 aromatic rings. The van der Waals surface area contributed by atoms with Crippen LogP contribution >= 0.6 is 12.2 Å². The molecule has 0 radical (unpaired) electrons. The van der Waals surface area contributed by atoms with Gasteiger partial charge in [0.1, 0.15) is 5.60 Å². The van der Waals surface area contributed by atoms with Gasteiger partial charge in [-0.2, -0.15) is 0 Å². The van der Waals surface area contributed by atoms with Gasteiger partial charge >= 0.3 is 6.09 Å². The first-order valence-electron chi connectivity index (χ1n) is 7.87. The maximum atomic E-state index is 12.0. The fourth-order valence-corrected chi connectivity index (χ4v) is 2.58. The predicted octanol–water partition coefficient (Wildman–Crippen LogP) is 3.11. The summed E-state index contributed by atoms with van der Waals surface area (Å²) >= 11 is 4.78. The zero-order chi connectivity index (χ0) is 16.9. The van der Waals surface area contributed by atoms with Gasteiger partial charge in [0.2, 0.25) is 0 Å². The van der Waals surface area contributed by atoms with E-state index in [1.54, 1.807) is 4.90 Å². The molecule has 2 rings (SSSR count). The summed E-state index contributed by atoms with van der Waals surface area (Å²) in [5.41, 5.74) is 3.32. The fourth-order valence-electron chi connectivity index (χ4n) is 2.45. The van der Waals surface area contributed by atoms with E-state index in [0.29, 0.717) is 13.1 Å². The van der Waals surface area contributed by atoms with E-state index in [2.05, 4.69) is 22.3 Å². The van der Waals surface area contributed by atoms with Gasteiger partial charge < -0.3 is 15.0 Å². The number of rotatable bonds is 4. The van der Waals surface area contributed by atoms with E-state index in [9.17, 15) is 4.79 Å². The molecule has 126 valence electrons. The van der Waals surface area contributed by atoms with Crippen molar-refractivity contribution in [3.8, 4) is 0 Å². The quantitative estimate of drug-likeness (QED) is 0.857. The van der Waals surface area contributed by atoms with Crippen LogP contribution in [0.15, 0.2) is 24.3 Å². The Kier molecular flexibility index (Phi) is 5.96. The lowest BCUT2D eigenvalue weighted by molar-refractivity contribution is 0.0139. The number of benzene rings is 1. The third kappa shape index (κ3) is 5.80. The number of nitrogens with zero attached hydrogens (tertiary/aromatic N) is 2. The van der Waals surface area contributed by atoms with Gasteiger partial charge in [-0.1, -0.05) is 24.4 Å². The molecule has 23 heavy (non-hydrogen) atoms. The highest BCUT2D eigenvalue weighted by molar-refractivity contribution is 7.79. The molecule has 1 heterocycles. The van der Waals surface area contributed by atoms with E-state index in [0.717, 1.165) is 25.3 Å². The van der Waals surface area contributed by atoms with Crippen LogP contribution in [-0.4, -0.2) is 53.2 Å². The molecule has 0 aromatic heterocycles. The molecule has 1 aliphatic rings. The van der Waals surface area contributed by atoms with Crippen molar-refractivity contribution in [2.75, 3.05) is 31.5 Å². The number of hydrogen-bond acceptors (Lipinski definition) is 4. The van der Waals surface area contributed by atoms with Gasteiger partial charge in [0, 0.05) is 38.4 Å². The molecule has 1 aromatic carbocycles. The number of piperazine rings is 1. The first kappa shape index (κ1) is 17.7. The molecule has 0 bridgehead atoms. The van der Waals surface area contributed by atoms with Crippen molar-refractivity contribution >= 4 is 29.5 Å². The smallest absolute Gasteiger partial charge is 0.410 e. The van der Waals surface area contributed by atoms with Crippen LogP contribution < -0.4 is 5.32 Å². The van der Waals surface area contributed by atoms with Crippen LogP contribution in [0.5, 0.6) is 0 Å². The highest BCUT2D eigenvalue weighted by atomic mass is 32.1. The van der Waals surface area contributed by atoms with Crippen molar-refractivity contribution in [1.29, 1.82) is 0 Å². The Morgan fingerprint density at radius 3 is 2.35 bits per heavy atom. The summed E-state index contributed by atoms with van der Waals surface area (Å²) in [5, 5.41) is 2.99. The van der Waals surface area contributed by atoms with E-state index >= 15 is 0 Å². The monoisotopic (exact) mass is 335 g/mol. The van der Waals surface area contributed by atoms with Gasteiger partial charge in [-0.3, -0.25) is 4.90 Å². The number of amides is 1. The second-order valence-corrected chi connectivity index (χ2v) is 6.94. The molecular weight excluding hydrogens is 310 g/mol. The van der Waals surface area contributed by atoms with E-state index in [1.807, 2.05) is 32.9 Å². The minimum Gasteiger partial charge on any atom is -0.444 e. The number of nitrogens with one attached hydrogen (secondary N) is 1. The standard InChI is InChI=1S/C17H25N3O2S/c1-17(2,3)22-16(21)20-10-8-19(9-11-20)12-14-4-6-15(7-5-14)18-13-23/h4-7,13H,8-12H2,1-3H3,(H,18,23). The van der Waals surface area contributed by atoms with Crippen molar-refractivity contribution < 1.29 is 9.53 Å². The number of anilines is 1. The molecule has 1 fully saturated rings. The van der Waals surface area contributed by atoms with Crippen LogP contribution in [0.25, 0.3) is 0 Å². The van der Waals surface area contributed by atoms with Gasteiger partial charge in [0.15, 0.2) is 0 Å². The maximum Gasteiger partial charge on any atom is 0.410 e. The summed E-state index contributed by atoms with van der Waals surface area (Å²) in [6.07, 6.45) is -0.215. The van der Waals surface area contributed by atoms with E-state index in [4.69, 9.17) is 17.0 Å². The van der Waals surface area contributed by atoms with Crippen LogP contribution in [0.3, 0.4) is 0 Å².